The Hall–Kier alpha value is -3.40. The van der Waals surface area contributed by atoms with Crippen LogP contribution in [0.5, 0.6) is 0 Å². The van der Waals surface area contributed by atoms with E-state index in [0.29, 0.717) is 33.0 Å². The highest BCUT2D eigenvalue weighted by Crippen LogP contribution is 2.28. The third-order valence-electron chi connectivity index (χ3n) is 5.13. The average Bonchev–Trinajstić information content (AvgIpc) is 2.79. The van der Waals surface area contributed by atoms with E-state index in [9.17, 15) is 18.0 Å². The van der Waals surface area contributed by atoms with Gasteiger partial charge in [0.25, 0.3) is 15.9 Å². The molecule has 0 fully saturated rings. The van der Waals surface area contributed by atoms with Crippen LogP contribution in [-0.2, 0) is 14.8 Å². The highest BCUT2D eigenvalue weighted by Gasteiger charge is 2.20. The van der Waals surface area contributed by atoms with Crippen LogP contribution in [0.4, 0.5) is 5.69 Å². The summed E-state index contributed by atoms with van der Waals surface area (Å²) < 4.78 is 28.5. The molecule has 0 bridgehead atoms. The van der Waals surface area contributed by atoms with Crippen LogP contribution in [0, 0.1) is 13.8 Å². The van der Waals surface area contributed by atoms with Crippen LogP contribution in [0.25, 0.3) is 11.1 Å². The van der Waals surface area contributed by atoms with E-state index in [-0.39, 0.29) is 10.5 Å². The molecule has 178 valence electrons. The molecule has 1 unspecified atom stereocenters. The maximum atomic E-state index is 13.0. The highest BCUT2D eigenvalue weighted by molar-refractivity contribution is 7.92. The number of amides is 1. The zero-order valence-electron chi connectivity index (χ0n) is 18.4. The molecule has 1 atom stereocenters. The average molecular weight is 503 g/mol. The Kier molecular flexibility index (Phi) is 7.61. The van der Waals surface area contributed by atoms with Gasteiger partial charge in [-0.2, -0.15) is 0 Å². The molecule has 3 aromatic rings. The number of rotatable bonds is 8. The Morgan fingerprint density at radius 3 is 2.26 bits per heavy atom. The molecule has 0 heterocycles. The summed E-state index contributed by atoms with van der Waals surface area (Å²) in [5, 5.41) is 20.7. The molecule has 3 rings (SSSR count). The first kappa shape index (κ1) is 25.2. The van der Waals surface area contributed by atoms with E-state index in [2.05, 4.69) is 10.0 Å². The fourth-order valence-corrected chi connectivity index (χ4v) is 4.84. The number of aliphatic hydroxyl groups excluding tert-OH is 1. The first-order valence-electron chi connectivity index (χ1n) is 10.2. The SMILES string of the molecule is Cc1cc(S(=O)(=O)Nc2cccc(-c3ccc(C(=O)NC(CO)C(=O)O)cc3)c2)c(C)cc1Cl. The Balaban J connectivity index is 1.81. The van der Waals surface area contributed by atoms with Crippen LogP contribution in [0.1, 0.15) is 21.5 Å². The molecule has 10 heteroatoms. The van der Waals surface area contributed by atoms with Gasteiger partial charge in [-0.05, 0) is 72.5 Å². The number of nitrogens with one attached hydrogen (secondary N) is 2. The predicted molar refractivity (Wildman–Crippen MR) is 130 cm³/mol. The zero-order valence-corrected chi connectivity index (χ0v) is 19.9. The maximum Gasteiger partial charge on any atom is 0.328 e. The number of benzene rings is 3. The van der Waals surface area contributed by atoms with E-state index in [0.717, 1.165) is 0 Å². The number of halogens is 1. The zero-order chi connectivity index (χ0) is 25.0. The lowest BCUT2D eigenvalue weighted by Crippen LogP contribution is -2.43. The quantitative estimate of drug-likeness (QED) is 0.372. The van der Waals surface area contributed by atoms with Gasteiger partial charge in [0.15, 0.2) is 6.04 Å². The molecule has 0 radical (unpaired) electrons. The summed E-state index contributed by atoms with van der Waals surface area (Å²) in [6, 6.07) is 14.9. The number of hydrogen-bond acceptors (Lipinski definition) is 5. The predicted octanol–water partition coefficient (Wildman–Crippen LogP) is 3.60. The topological polar surface area (TPSA) is 133 Å². The second kappa shape index (κ2) is 10.3. The number of carbonyl (C=O) groups excluding carboxylic acids is 1. The summed E-state index contributed by atoms with van der Waals surface area (Å²) in [5.74, 6) is -1.97. The van der Waals surface area contributed by atoms with E-state index in [1.807, 2.05) is 0 Å². The van der Waals surface area contributed by atoms with Gasteiger partial charge in [-0.15, -0.1) is 0 Å². The first-order chi connectivity index (χ1) is 16.0. The number of aliphatic carboxylic acids is 1. The highest BCUT2D eigenvalue weighted by atomic mass is 35.5. The normalized spacial score (nSPS) is 12.1. The number of hydrogen-bond donors (Lipinski definition) is 4. The third kappa shape index (κ3) is 5.74. The number of anilines is 1. The van der Waals surface area contributed by atoms with E-state index in [4.69, 9.17) is 21.8 Å². The second-order valence-corrected chi connectivity index (χ2v) is 9.74. The lowest BCUT2D eigenvalue weighted by Gasteiger charge is -2.13. The van der Waals surface area contributed by atoms with E-state index in [1.165, 1.54) is 18.2 Å². The van der Waals surface area contributed by atoms with Crippen molar-refractivity contribution in [3.63, 3.8) is 0 Å². The molecular weight excluding hydrogens is 480 g/mol. The fourth-order valence-electron chi connectivity index (χ4n) is 3.26. The molecule has 3 aromatic carbocycles. The van der Waals surface area contributed by atoms with Gasteiger partial charge in [0.1, 0.15) is 0 Å². The Morgan fingerprint density at radius 2 is 1.65 bits per heavy atom. The van der Waals surface area contributed by atoms with Crippen molar-refractivity contribution in [1.82, 2.24) is 5.32 Å². The Labute approximate surface area is 202 Å². The summed E-state index contributed by atoms with van der Waals surface area (Å²) in [4.78, 5) is 23.3. The third-order valence-corrected chi connectivity index (χ3v) is 7.06. The number of aryl methyl sites for hydroxylation is 2. The summed E-state index contributed by atoms with van der Waals surface area (Å²) in [5.41, 5.74) is 3.18. The van der Waals surface area contributed by atoms with Crippen LogP contribution in [0.3, 0.4) is 0 Å². The maximum absolute atomic E-state index is 13.0. The van der Waals surface area contributed by atoms with Gasteiger partial charge in [0.05, 0.1) is 11.5 Å². The van der Waals surface area contributed by atoms with Crippen LogP contribution in [-0.4, -0.2) is 43.2 Å². The molecule has 0 aliphatic rings. The Morgan fingerprint density at radius 1 is 0.971 bits per heavy atom. The molecule has 0 spiro atoms. The Bertz CT molecular complexity index is 1340. The number of carbonyl (C=O) groups is 2. The van der Waals surface area contributed by atoms with Crippen molar-refractivity contribution in [1.29, 1.82) is 0 Å². The molecule has 0 aliphatic heterocycles. The first-order valence-corrected chi connectivity index (χ1v) is 12.0. The van der Waals surface area contributed by atoms with Crippen LogP contribution in [0.2, 0.25) is 5.02 Å². The molecule has 4 N–H and O–H groups in total. The fraction of sp³-hybridized carbons (Fsp3) is 0.167. The van der Waals surface area contributed by atoms with Gasteiger partial charge in [0.2, 0.25) is 0 Å². The number of carboxylic acids is 1. The minimum absolute atomic E-state index is 0.137. The molecule has 8 nitrogen and oxygen atoms in total. The minimum atomic E-state index is -3.85. The molecule has 34 heavy (non-hydrogen) atoms. The summed E-state index contributed by atoms with van der Waals surface area (Å²) in [6.07, 6.45) is 0. The van der Waals surface area contributed by atoms with Crippen LogP contribution in [0.15, 0.2) is 65.6 Å². The van der Waals surface area contributed by atoms with Gasteiger partial charge >= 0.3 is 5.97 Å². The van der Waals surface area contributed by atoms with Crippen molar-refractivity contribution in [2.45, 2.75) is 24.8 Å². The lowest BCUT2D eigenvalue weighted by molar-refractivity contribution is -0.140. The summed E-state index contributed by atoms with van der Waals surface area (Å²) >= 11 is 6.08. The van der Waals surface area contributed by atoms with Crippen LogP contribution < -0.4 is 10.0 Å². The lowest BCUT2D eigenvalue weighted by atomic mass is 10.0. The van der Waals surface area contributed by atoms with Gasteiger partial charge in [-0.3, -0.25) is 9.52 Å². The van der Waals surface area contributed by atoms with Crippen molar-refractivity contribution < 1.29 is 28.2 Å². The molecule has 0 saturated carbocycles. The van der Waals surface area contributed by atoms with Crippen molar-refractivity contribution in [3.8, 4) is 11.1 Å². The standard InChI is InChI=1S/C24H23ClN2O6S/c1-14-11-22(15(2)10-20(14)25)34(32,33)27-19-5-3-4-18(12-19)16-6-8-17(9-7-16)23(29)26-21(13-28)24(30)31/h3-12,21,27-28H,13H2,1-2H3,(H,26,29)(H,30,31). The van der Waals surface area contributed by atoms with Crippen molar-refractivity contribution in [2.75, 3.05) is 11.3 Å². The van der Waals surface area contributed by atoms with E-state index < -0.39 is 34.5 Å². The number of sulfonamides is 1. The molecule has 0 aliphatic carbocycles. The van der Waals surface area contributed by atoms with Crippen molar-refractivity contribution >= 4 is 39.2 Å². The number of aliphatic hydroxyl groups is 1. The molecular formula is C24H23ClN2O6S. The number of carboxylic acid groups (broad SMARTS) is 1. The summed E-state index contributed by atoms with van der Waals surface area (Å²) in [7, 11) is -3.85. The minimum Gasteiger partial charge on any atom is -0.480 e. The van der Waals surface area contributed by atoms with Gasteiger partial charge < -0.3 is 15.5 Å². The van der Waals surface area contributed by atoms with Crippen LogP contribution >= 0.6 is 11.6 Å². The van der Waals surface area contributed by atoms with Gasteiger partial charge in [0, 0.05) is 16.3 Å². The largest absolute Gasteiger partial charge is 0.480 e. The summed E-state index contributed by atoms with van der Waals surface area (Å²) in [6.45, 7) is 2.68. The molecule has 1 amide bonds. The van der Waals surface area contributed by atoms with Crippen molar-refractivity contribution in [3.05, 3.63) is 82.4 Å². The van der Waals surface area contributed by atoms with E-state index >= 15 is 0 Å². The van der Waals surface area contributed by atoms with Gasteiger partial charge in [-0.1, -0.05) is 35.9 Å². The monoisotopic (exact) mass is 502 g/mol. The van der Waals surface area contributed by atoms with E-state index in [1.54, 1.807) is 56.3 Å². The van der Waals surface area contributed by atoms with Crippen molar-refractivity contribution in [2.24, 2.45) is 0 Å². The van der Waals surface area contributed by atoms with Gasteiger partial charge in [-0.25, -0.2) is 13.2 Å². The molecule has 0 aromatic heterocycles. The smallest absolute Gasteiger partial charge is 0.328 e. The molecule has 0 saturated heterocycles. The second-order valence-electron chi connectivity index (χ2n) is 7.68.